The van der Waals surface area contributed by atoms with Crippen molar-refractivity contribution in [2.45, 2.75) is 76.8 Å². The quantitative estimate of drug-likeness (QED) is 0.237. The summed E-state index contributed by atoms with van der Waals surface area (Å²) in [6.07, 6.45) is 11.3. The minimum absolute atomic E-state index is 0. The molecule has 0 aromatic carbocycles. The van der Waals surface area contributed by atoms with Gasteiger partial charge in [-0.3, -0.25) is 4.99 Å². The molecule has 2 saturated carbocycles. The first-order valence-electron chi connectivity index (χ1n) is 11.3. The Morgan fingerprint density at radius 1 is 1.03 bits per heavy atom. The van der Waals surface area contributed by atoms with E-state index in [0.717, 1.165) is 57.3 Å². The van der Waals surface area contributed by atoms with E-state index in [9.17, 15) is 8.42 Å². The topological polar surface area (TPSA) is 85.8 Å². The second kappa shape index (κ2) is 12.7. The molecule has 0 amide bonds. The molecule has 3 aliphatic rings. The molecular formula is C20H40IN5O2S. The van der Waals surface area contributed by atoms with Crippen molar-refractivity contribution in [3.8, 4) is 0 Å². The fourth-order valence-electron chi connectivity index (χ4n) is 4.48. The molecule has 170 valence electrons. The van der Waals surface area contributed by atoms with Crippen LogP contribution in [-0.2, 0) is 10.0 Å². The van der Waals surface area contributed by atoms with Crippen molar-refractivity contribution in [2.75, 3.05) is 38.5 Å². The SMILES string of the molecule is CCNC(=NCCS(=O)(=O)NCC1CCC1)NC1CCN(C2CCCC2)CC1.I. The van der Waals surface area contributed by atoms with Crippen molar-refractivity contribution in [2.24, 2.45) is 10.9 Å². The maximum Gasteiger partial charge on any atom is 0.213 e. The zero-order valence-electron chi connectivity index (χ0n) is 17.9. The van der Waals surface area contributed by atoms with Gasteiger partial charge in [0, 0.05) is 38.3 Å². The Balaban J connectivity index is 0.00000300. The van der Waals surface area contributed by atoms with Gasteiger partial charge in [0.2, 0.25) is 10.0 Å². The van der Waals surface area contributed by atoms with Gasteiger partial charge in [0.15, 0.2) is 5.96 Å². The molecular weight excluding hydrogens is 501 g/mol. The first-order chi connectivity index (χ1) is 13.6. The molecule has 1 aliphatic heterocycles. The number of guanidine groups is 1. The molecule has 3 N–H and O–H groups in total. The molecule has 7 nitrogen and oxygen atoms in total. The van der Waals surface area contributed by atoms with E-state index in [4.69, 9.17) is 0 Å². The summed E-state index contributed by atoms with van der Waals surface area (Å²) < 4.78 is 27.0. The first-order valence-corrected chi connectivity index (χ1v) is 13.0. The van der Waals surface area contributed by atoms with Crippen LogP contribution in [0.25, 0.3) is 0 Å². The second-order valence-electron chi connectivity index (χ2n) is 8.62. The van der Waals surface area contributed by atoms with Crippen LogP contribution in [0, 0.1) is 5.92 Å². The van der Waals surface area contributed by atoms with E-state index >= 15 is 0 Å². The number of hydrogen-bond donors (Lipinski definition) is 3. The average Bonchev–Trinajstić information content (AvgIpc) is 3.15. The number of rotatable bonds is 9. The van der Waals surface area contributed by atoms with Crippen molar-refractivity contribution in [1.29, 1.82) is 0 Å². The number of piperidine rings is 1. The molecule has 0 atom stereocenters. The maximum absolute atomic E-state index is 12.1. The standard InChI is InChI=1S/C20H39N5O2S.HI/c1-2-21-20(22-12-15-28(26,27)23-16-17-6-5-7-17)24-18-10-13-25(14-11-18)19-8-3-4-9-19;/h17-19,23H,2-16H2,1H3,(H2,21,22,24);1H. The minimum atomic E-state index is -3.23. The number of nitrogens with zero attached hydrogens (tertiary/aromatic N) is 2. The highest BCUT2D eigenvalue weighted by Crippen LogP contribution is 2.26. The first kappa shape index (κ1) is 25.1. The monoisotopic (exact) mass is 541 g/mol. The van der Waals surface area contributed by atoms with Crippen molar-refractivity contribution in [3.63, 3.8) is 0 Å². The van der Waals surface area contributed by atoms with Gasteiger partial charge in [-0.1, -0.05) is 19.3 Å². The molecule has 3 rings (SSSR count). The highest BCUT2D eigenvalue weighted by Gasteiger charge is 2.27. The molecule has 0 unspecified atom stereocenters. The Morgan fingerprint density at radius 2 is 1.72 bits per heavy atom. The van der Waals surface area contributed by atoms with Crippen LogP contribution in [0.15, 0.2) is 4.99 Å². The largest absolute Gasteiger partial charge is 0.357 e. The molecule has 0 aromatic rings. The summed E-state index contributed by atoms with van der Waals surface area (Å²) >= 11 is 0. The normalized spacial score (nSPS) is 22.9. The van der Waals surface area contributed by atoms with Crippen LogP contribution in [0.5, 0.6) is 0 Å². The third-order valence-corrected chi connectivity index (χ3v) is 7.83. The number of likely N-dealkylation sites (tertiary alicyclic amines) is 1. The molecule has 2 aliphatic carbocycles. The summed E-state index contributed by atoms with van der Waals surface area (Å²) in [5, 5.41) is 6.78. The van der Waals surface area contributed by atoms with E-state index in [1.165, 1.54) is 32.1 Å². The van der Waals surface area contributed by atoms with Crippen molar-refractivity contribution in [1.82, 2.24) is 20.3 Å². The lowest BCUT2D eigenvalue weighted by Crippen LogP contribution is -2.50. The molecule has 0 spiro atoms. The molecule has 9 heteroatoms. The number of hydrogen-bond acceptors (Lipinski definition) is 4. The Bertz CT molecular complexity index is 598. The Labute approximate surface area is 194 Å². The summed E-state index contributed by atoms with van der Waals surface area (Å²) in [5.41, 5.74) is 0. The Hall–Kier alpha value is -0.130. The van der Waals surface area contributed by atoms with Crippen molar-refractivity contribution < 1.29 is 8.42 Å². The van der Waals surface area contributed by atoms with Crippen LogP contribution in [0.4, 0.5) is 0 Å². The predicted molar refractivity (Wildman–Crippen MR) is 131 cm³/mol. The van der Waals surface area contributed by atoms with Gasteiger partial charge < -0.3 is 15.5 Å². The maximum atomic E-state index is 12.1. The minimum Gasteiger partial charge on any atom is -0.357 e. The van der Waals surface area contributed by atoms with Crippen LogP contribution in [0.3, 0.4) is 0 Å². The summed E-state index contributed by atoms with van der Waals surface area (Å²) in [5.74, 6) is 1.33. The zero-order chi connectivity index (χ0) is 19.8. The highest BCUT2D eigenvalue weighted by molar-refractivity contribution is 14.0. The van der Waals surface area contributed by atoms with Gasteiger partial charge in [0.05, 0.1) is 12.3 Å². The van der Waals surface area contributed by atoms with Gasteiger partial charge in [0.25, 0.3) is 0 Å². The second-order valence-corrected chi connectivity index (χ2v) is 10.5. The third kappa shape index (κ3) is 8.49. The van der Waals surface area contributed by atoms with Crippen LogP contribution >= 0.6 is 24.0 Å². The molecule has 3 fully saturated rings. The molecule has 1 saturated heterocycles. The van der Waals surface area contributed by atoms with Crippen LogP contribution in [0.2, 0.25) is 0 Å². The van der Waals surface area contributed by atoms with E-state index in [2.05, 4.69) is 25.2 Å². The highest BCUT2D eigenvalue weighted by atomic mass is 127. The molecule has 1 heterocycles. The summed E-state index contributed by atoms with van der Waals surface area (Å²) in [6.45, 7) is 6.00. The van der Waals surface area contributed by atoms with E-state index < -0.39 is 10.0 Å². The molecule has 0 aromatic heterocycles. The van der Waals surface area contributed by atoms with Crippen LogP contribution in [0.1, 0.15) is 64.7 Å². The number of nitrogens with one attached hydrogen (secondary N) is 3. The van der Waals surface area contributed by atoms with Gasteiger partial charge in [-0.2, -0.15) is 0 Å². The fraction of sp³-hybridized carbons (Fsp3) is 0.950. The van der Waals surface area contributed by atoms with Gasteiger partial charge in [0.1, 0.15) is 0 Å². The predicted octanol–water partition coefficient (Wildman–Crippen LogP) is 2.29. The summed E-state index contributed by atoms with van der Waals surface area (Å²) in [4.78, 5) is 7.17. The van der Waals surface area contributed by atoms with Crippen LogP contribution in [-0.4, -0.2) is 69.8 Å². The Kier molecular flexibility index (Phi) is 11.0. The number of aliphatic imine (C=N–C) groups is 1. The smallest absolute Gasteiger partial charge is 0.213 e. The Morgan fingerprint density at radius 3 is 2.31 bits per heavy atom. The summed E-state index contributed by atoms with van der Waals surface area (Å²) in [7, 11) is -3.23. The van der Waals surface area contributed by atoms with E-state index in [1.807, 2.05) is 6.92 Å². The van der Waals surface area contributed by atoms with E-state index in [0.29, 0.717) is 18.5 Å². The number of sulfonamides is 1. The third-order valence-electron chi connectivity index (χ3n) is 6.50. The van der Waals surface area contributed by atoms with Gasteiger partial charge in [-0.25, -0.2) is 13.1 Å². The van der Waals surface area contributed by atoms with Gasteiger partial charge in [-0.05, 0) is 51.4 Å². The molecule has 29 heavy (non-hydrogen) atoms. The van der Waals surface area contributed by atoms with Crippen LogP contribution < -0.4 is 15.4 Å². The van der Waals surface area contributed by atoms with E-state index in [1.54, 1.807) is 0 Å². The lowest BCUT2D eigenvalue weighted by molar-refractivity contribution is 0.150. The number of halogens is 1. The molecule has 0 bridgehead atoms. The van der Waals surface area contributed by atoms with Gasteiger partial charge in [-0.15, -0.1) is 24.0 Å². The lowest BCUT2D eigenvalue weighted by Gasteiger charge is -2.36. The fourth-order valence-corrected chi connectivity index (χ4v) is 5.45. The average molecular weight is 542 g/mol. The zero-order valence-corrected chi connectivity index (χ0v) is 21.0. The van der Waals surface area contributed by atoms with Gasteiger partial charge >= 0.3 is 0 Å². The lowest BCUT2D eigenvalue weighted by atomic mass is 9.86. The van der Waals surface area contributed by atoms with Crippen molar-refractivity contribution in [3.05, 3.63) is 0 Å². The van der Waals surface area contributed by atoms with Crippen molar-refractivity contribution >= 4 is 40.0 Å². The summed E-state index contributed by atoms with van der Waals surface area (Å²) in [6, 6.07) is 1.23. The molecule has 0 radical (unpaired) electrons. The van der Waals surface area contributed by atoms with E-state index in [-0.39, 0.29) is 36.3 Å².